The highest BCUT2D eigenvalue weighted by Crippen LogP contribution is 2.36. The van der Waals surface area contributed by atoms with Gasteiger partial charge < -0.3 is 26.8 Å². The van der Waals surface area contributed by atoms with Crippen LogP contribution >= 0.6 is 0 Å². The van der Waals surface area contributed by atoms with E-state index in [2.05, 4.69) is 26.1 Å². The zero-order chi connectivity index (χ0) is 19.7. The SMILES string of the molecule is CN(Cc1cccc(N)c1C=N)c1ncc(F)c(NC2C=C(C3CC3)NN2)n1. The van der Waals surface area contributed by atoms with Crippen LogP contribution in [0, 0.1) is 17.1 Å². The molecule has 1 aromatic carbocycles. The fourth-order valence-corrected chi connectivity index (χ4v) is 3.20. The van der Waals surface area contributed by atoms with Gasteiger partial charge in [-0.1, -0.05) is 12.1 Å². The third-order valence-corrected chi connectivity index (χ3v) is 4.88. The summed E-state index contributed by atoms with van der Waals surface area (Å²) >= 11 is 0. The summed E-state index contributed by atoms with van der Waals surface area (Å²) in [6.07, 6.45) is 6.55. The molecule has 9 heteroatoms. The second-order valence-electron chi connectivity index (χ2n) is 7.07. The molecule has 1 saturated carbocycles. The second kappa shape index (κ2) is 7.43. The first-order chi connectivity index (χ1) is 13.5. The number of nitrogens with one attached hydrogen (secondary N) is 4. The minimum absolute atomic E-state index is 0.129. The van der Waals surface area contributed by atoms with Gasteiger partial charge >= 0.3 is 0 Å². The molecule has 1 atom stereocenters. The van der Waals surface area contributed by atoms with Gasteiger partial charge in [0.1, 0.15) is 6.17 Å². The molecule has 4 rings (SSSR count). The van der Waals surface area contributed by atoms with Crippen LogP contribution in [0.15, 0.2) is 36.2 Å². The van der Waals surface area contributed by atoms with Gasteiger partial charge in [0.05, 0.1) is 6.20 Å². The van der Waals surface area contributed by atoms with Crippen LogP contribution < -0.4 is 26.8 Å². The number of aromatic nitrogens is 2. The molecule has 2 aliphatic rings. The lowest BCUT2D eigenvalue weighted by atomic mass is 10.1. The van der Waals surface area contributed by atoms with E-state index in [1.54, 1.807) is 11.0 Å². The summed E-state index contributed by atoms with van der Waals surface area (Å²) in [7, 11) is 1.81. The molecule has 1 aromatic heterocycles. The Balaban J connectivity index is 1.50. The first-order valence-electron chi connectivity index (χ1n) is 9.16. The lowest BCUT2D eigenvalue weighted by Gasteiger charge is -2.20. The molecule has 1 unspecified atom stereocenters. The number of hydrogen-bond acceptors (Lipinski definition) is 8. The summed E-state index contributed by atoms with van der Waals surface area (Å²) in [4.78, 5) is 10.2. The molecular formula is C19H23FN8. The first kappa shape index (κ1) is 18.2. The number of nitrogens with two attached hydrogens (primary N) is 1. The zero-order valence-electron chi connectivity index (χ0n) is 15.5. The van der Waals surface area contributed by atoms with Crippen molar-refractivity contribution >= 4 is 23.7 Å². The van der Waals surface area contributed by atoms with E-state index in [1.165, 1.54) is 19.1 Å². The van der Waals surface area contributed by atoms with E-state index in [0.29, 0.717) is 29.7 Å². The number of hydrazine groups is 1. The van der Waals surface area contributed by atoms with Crippen molar-refractivity contribution in [1.29, 1.82) is 5.41 Å². The van der Waals surface area contributed by atoms with E-state index in [4.69, 9.17) is 11.1 Å². The van der Waals surface area contributed by atoms with E-state index in [0.717, 1.165) is 17.5 Å². The lowest BCUT2D eigenvalue weighted by Crippen LogP contribution is -2.37. The van der Waals surface area contributed by atoms with Crippen molar-refractivity contribution in [3.05, 3.63) is 53.1 Å². The van der Waals surface area contributed by atoms with Crippen molar-refractivity contribution in [3.8, 4) is 0 Å². The third-order valence-electron chi connectivity index (χ3n) is 4.88. The van der Waals surface area contributed by atoms with Crippen molar-refractivity contribution in [3.63, 3.8) is 0 Å². The van der Waals surface area contributed by atoms with E-state index >= 15 is 0 Å². The molecular weight excluding hydrogens is 359 g/mol. The van der Waals surface area contributed by atoms with E-state index in [1.807, 2.05) is 25.3 Å². The topological polar surface area (TPSA) is 115 Å². The van der Waals surface area contributed by atoms with Crippen LogP contribution in [0.3, 0.4) is 0 Å². The number of hydrogen-bond donors (Lipinski definition) is 5. The monoisotopic (exact) mass is 382 g/mol. The van der Waals surface area contributed by atoms with Crippen LogP contribution in [0.25, 0.3) is 0 Å². The molecule has 1 aliphatic heterocycles. The number of rotatable bonds is 7. The maximum absolute atomic E-state index is 14.2. The van der Waals surface area contributed by atoms with Gasteiger partial charge in [-0.3, -0.25) is 0 Å². The molecule has 0 spiro atoms. The predicted octanol–water partition coefficient (Wildman–Crippen LogP) is 1.97. The fraction of sp³-hybridized carbons (Fsp3) is 0.316. The van der Waals surface area contributed by atoms with Crippen LogP contribution in [0.4, 0.5) is 21.8 Å². The molecule has 1 fully saturated rings. The maximum Gasteiger partial charge on any atom is 0.227 e. The van der Waals surface area contributed by atoms with Crippen LogP contribution in [0.1, 0.15) is 24.0 Å². The molecule has 0 amide bonds. The summed E-state index contributed by atoms with van der Waals surface area (Å²) in [5.41, 5.74) is 15.4. The number of halogens is 1. The van der Waals surface area contributed by atoms with Crippen LogP contribution in [-0.2, 0) is 6.54 Å². The summed E-state index contributed by atoms with van der Waals surface area (Å²) in [5, 5.41) is 10.6. The molecule has 0 saturated heterocycles. The van der Waals surface area contributed by atoms with E-state index < -0.39 is 5.82 Å². The van der Waals surface area contributed by atoms with Gasteiger partial charge in [0.2, 0.25) is 5.95 Å². The van der Waals surface area contributed by atoms with Crippen molar-refractivity contribution in [2.75, 3.05) is 23.0 Å². The summed E-state index contributed by atoms with van der Waals surface area (Å²) in [5.74, 6) is 0.567. The van der Waals surface area contributed by atoms with E-state index in [-0.39, 0.29) is 12.0 Å². The highest BCUT2D eigenvalue weighted by Gasteiger charge is 2.30. The Bertz CT molecular complexity index is 924. The molecule has 0 bridgehead atoms. The molecule has 0 radical (unpaired) electrons. The van der Waals surface area contributed by atoms with Gasteiger partial charge in [0, 0.05) is 36.8 Å². The number of nitrogens with zero attached hydrogens (tertiary/aromatic N) is 3. The Labute approximate surface area is 162 Å². The molecule has 1 aliphatic carbocycles. The predicted molar refractivity (Wildman–Crippen MR) is 107 cm³/mol. The van der Waals surface area contributed by atoms with Crippen LogP contribution in [0.2, 0.25) is 0 Å². The van der Waals surface area contributed by atoms with Gasteiger partial charge in [-0.2, -0.15) is 4.98 Å². The van der Waals surface area contributed by atoms with Gasteiger partial charge in [0.25, 0.3) is 0 Å². The van der Waals surface area contributed by atoms with Gasteiger partial charge in [-0.05, 0) is 36.5 Å². The minimum atomic E-state index is -0.517. The highest BCUT2D eigenvalue weighted by atomic mass is 19.1. The van der Waals surface area contributed by atoms with Gasteiger partial charge in [0.15, 0.2) is 11.6 Å². The normalized spacial score (nSPS) is 18.4. The maximum atomic E-state index is 14.2. The van der Waals surface area contributed by atoms with Gasteiger partial charge in [-0.25, -0.2) is 14.8 Å². The molecule has 6 N–H and O–H groups in total. The molecule has 2 aromatic rings. The number of anilines is 3. The first-order valence-corrected chi connectivity index (χ1v) is 9.16. The van der Waals surface area contributed by atoms with Crippen molar-refractivity contribution < 1.29 is 4.39 Å². The third kappa shape index (κ3) is 3.74. The Morgan fingerprint density at radius 2 is 2.25 bits per heavy atom. The summed E-state index contributed by atoms with van der Waals surface area (Å²) in [6.45, 7) is 0.440. The summed E-state index contributed by atoms with van der Waals surface area (Å²) in [6, 6.07) is 5.49. The Morgan fingerprint density at radius 1 is 1.43 bits per heavy atom. The van der Waals surface area contributed by atoms with E-state index in [9.17, 15) is 4.39 Å². The largest absolute Gasteiger partial charge is 0.398 e. The number of benzene rings is 1. The zero-order valence-corrected chi connectivity index (χ0v) is 15.5. The fourth-order valence-electron chi connectivity index (χ4n) is 3.20. The second-order valence-corrected chi connectivity index (χ2v) is 7.07. The minimum Gasteiger partial charge on any atom is -0.398 e. The number of nitrogen functional groups attached to an aromatic ring is 1. The molecule has 146 valence electrons. The smallest absolute Gasteiger partial charge is 0.227 e. The number of allylic oxidation sites excluding steroid dienone is 1. The highest BCUT2D eigenvalue weighted by molar-refractivity contribution is 5.87. The van der Waals surface area contributed by atoms with Crippen molar-refractivity contribution in [1.82, 2.24) is 20.8 Å². The average molecular weight is 382 g/mol. The van der Waals surface area contributed by atoms with Crippen molar-refractivity contribution in [2.45, 2.75) is 25.6 Å². The Morgan fingerprint density at radius 3 is 3.00 bits per heavy atom. The van der Waals surface area contributed by atoms with Crippen LogP contribution in [0.5, 0.6) is 0 Å². The molecule has 8 nitrogen and oxygen atoms in total. The van der Waals surface area contributed by atoms with Crippen molar-refractivity contribution in [2.24, 2.45) is 5.92 Å². The van der Waals surface area contributed by atoms with Gasteiger partial charge in [-0.15, -0.1) is 0 Å². The standard InChI is InChI=1S/C19H23FN8/c1-28(10-12-3-2-4-15(22)13(12)8-21)19-23-9-14(20)18(25-19)24-17-7-16(26-27-17)11-5-6-11/h2-4,7-9,11,17,21,26-27H,5-6,10,22H2,1H3,(H,23,24,25). The Hall–Kier alpha value is -3.20. The lowest BCUT2D eigenvalue weighted by molar-refractivity contribution is 0.582. The molecule has 28 heavy (non-hydrogen) atoms. The summed E-state index contributed by atoms with van der Waals surface area (Å²) < 4.78 is 14.2. The average Bonchev–Trinajstić information content (AvgIpc) is 3.43. The molecule has 2 heterocycles. The Kier molecular flexibility index (Phi) is 4.82. The van der Waals surface area contributed by atoms with Crippen LogP contribution in [-0.4, -0.2) is 29.4 Å². The quantitative estimate of drug-likeness (QED) is 0.367.